The zero-order valence-corrected chi connectivity index (χ0v) is 23.1. The molecule has 0 saturated carbocycles. The van der Waals surface area contributed by atoms with Crippen molar-refractivity contribution in [2.24, 2.45) is 5.92 Å². The highest BCUT2D eigenvalue weighted by molar-refractivity contribution is 7.89. The van der Waals surface area contributed by atoms with Crippen LogP contribution in [0.5, 0.6) is 0 Å². The molecule has 0 aliphatic carbocycles. The normalized spacial score (nSPS) is 19.0. The van der Waals surface area contributed by atoms with Crippen LogP contribution in [0.2, 0.25) is 0 Å². The number of hydrogen-bond acceptors (Lipinski definition) is 6. The predicted octanol–water partition coefficient (Wildman–Crippen LogP) is 3.90. The fraction of sp³-hybridized carbons (Fsp3) is 0.333. The Bertz CT molecular complexity index is 1470. The molecule has 1 heterocycles. The van der Waals surface area contributed by atoms with Crippen molar-refractivity contribution in [3.05, 3.63) is 89.5 Å². The molecular weight excluding hydrogens is 514 g/mol. The van der Waals surface area contributed by atoms with Crippen molar-refractivity contribution in [3.8, 4) is 17.2 Å². The molecule has 0 unspecified atom stereocenters. The number of benzene rings is 3. The highest BCUT2D eigenvalue weighted by Crippen LogP contribution is 2.31. The smallest absolute Gasteiger partial charge is 0.254 e. The molecular formula is C30H33N3O5S. The van der Waals surface area contributed by atoms with E-state index >= 15 is 0 Å². The van der Waals surface area contributed by atoms with Crippen molar-refractivity contribution in [2.45, 2.75) is 37.5 Å². The second-order valence-corrected chi connectivity index (χ2v) is 12.0. The number of nitrogens with zero attached hydrogens (tertiary/aromatic N) is 3. The second-order valence-electron chi connectivity index (χ2n) is 9.94. The maximum atomic E-state index is 13.9. The molecule has 4 rings (SSSR count). The lowest BCUT2D eigenvalue weighted by atomic mass is 9.94. The van der Waals surface area contributed by atoms with Gasteiger partial charge in [0.05, 0.1) is 41.9 Å². The molecule has 9 heteroatoms. The lowest BCUT2D eigenvalue weighted by Gasteiger charge is -2.35. The number of carbonyl (C=O) groups excluding carboxylic acids is 1. The van der Waals surface area contributed by atoms with E-state index in [2.05, 4.69) is 0 Å². The quantitative estimate of drug-likeness (QED) is 0.501. The molecule has 0 saturated heterocycles. The molecule has 0 fully saturated rings. The molecule has 39 heavy (non-hydrogen) atoms. The first-order chi connectivity index (χ1) is 18.7. The molecule has 0 spiro atoms. The topological polar surface area (TPSA) is 111 Å². The number of nitriles is 1. The number of amides is 1. The summed E-state index contributed by atoms with van der Waals surface area (Å²) in [5, 5.41) is 19.0. The van der Waals surface area contributed by atoms with Gasteiger partial charge in [-0.3, -0.25) is 4.79 Å². The average molecular weight is 548 g/mol. The lowest BCUT2D eigenvalue weighted by Crippen LogP contribution is -2.47. The number of aliphatic hydroxyl groups excluding tert-OH is 1. The van der Waals surface area contributed by atoms with E-state index in [1.54, 1.807) is 17.9 Å². The van der Waals surface area contributed by atoms with E-state index in [9.17, 15) is 18.3 Å². The van der Waals surface area contributed by atoms with Crippen molar-refractivity contribution < 1.29 is 23.1 Å². The highest BCUT2D eigenvalue weighted by atomic mass is 32.2. The van der Waals surface area contributed by atoms with E-state index in [0.29, 0.717) is 11.1 Å². The summed E-state index contributed by atoms with van der Waals surface area (Å²) in [5.74, 6) is -0.466. The first-order valence-electron chi connectivity index (χ1n) is 12.8. The van der Waals surface area contributed by atoms with Crippen molar-refractivity contribution in [1.29, 1.82) is 5.26 Å². The summed E-state index contributed by atoms with van der Waals surface area (Å²) in [6.45, 7) is 4.05. The van der Waals surface area contributed by atoms with Gasteiger partial charge < -0.3 is 14.7 Å². The Hall–Kier alpha value is -3.55. The Morgan fingerprint density at radius 3 is 2.31 bits per heavy atom. The maximum absolute atomic E-state index is 13.9. The van der Waals surface area contributed by atoms with Gasteiger partial charge in [0.2, 0.25) is 10.0 Å². The Morgan fingerprint density at radius 2 is 1.67 bits per heavy atom. The van der Waals surface area contributed by atoms with Gasteiger partial charge in [0.1, 0.15) is 0 Å². The number of sulfonamides is 1. The number of likely N-dealkylation sites (N-methyl/N-ethyl adjacent to an activating group) is 1. The molecule has 8 nitrogen and oxygen atoms in total. The van der Waals surface area contributed by atoms with Crippen LogP contribution in [0.15, 0.2) is 77.7 Å². The third-order valence-corrected chi connectivity index (χ3v) is 9.06. The van der Waals surface area contributed by atoms with Gasteiger partial charge in [0.15, 0.2) is 0 Å². The van der Waals surface area contributed by atoms with Gasteiger partial charge in [-0.15, -0.1) is 0 Å². The van der Waals surface area contributed by atoms with Gasteiger partial charge in [-0.2, -0.15) is 9.57 Å². The van der Waals surface area contributed by atoms with Gasteiger partial charge >= 0.3 is 0 Å². The zero-order chi connectivity index (χ0) is 28.2. The third kappa shape index (κ3) is 6.05. The van der Waals surface area contributed by atoms with Gasteiger partial charge in [-0.05, 0) is 53.9 Å². The minimum Gasteiger partial charge on any atom is -0.394 e. The van der Waals surface area contributed by atoms with Gasteiger partial charge in [-0.1, -0.05) is 49.4 Å². The van der Waals surface area contributed by atoms with Crippen LogP contribution >= 0.6 is 0 Å². The number of rotatable bonds is 6. The predicted molar refractivity (Wildman–Crippen MR) is 148 cm³/mol. The summed E-state index contributed by atoms with van der Waals surface area (Å²) in [4.78, 5) is 15.6. The van der Waals surface area contributed by atoms with Crippen molar-refractivity contribution >= 4 is 15.9 Å². The van der Waals surface area contributed by atoms with Crippen LogP contribution < -0.4 is 0 Å². The molecule has 1 aliphatic heterocycles. The van der Waals surface area contributed by atoms with Crippen molar-refractivity contribution in [2.75, 3.05) is 26.7 Å². The van der Waals surface area contributed by atoms with Crippen molar-refractivity contribution in [1.82, 2.24) is 9.21 Å². The molecule has 3 atom stereocenters. The van der Waals surface area contributed by atoms with E-state index in [1.165, 1.54) is 35.6 Å². The molecule has 204 valence electrons. The minimum absolute atomic E-state index is 0.0498. The van der Waals surface area contributed by atoms with Gasteiger partial charge in [0.25, 0.3) is 5.91 Å². The standard InChI is InChI=1S/C30H33N3O5S/c1-21-17-33(22(2)19-34)30(35)28-11-7-6-10-27(28)26-9-5-4-8-24(26)20-38-29(21)18-32(3)39(36,37)25-14-12-23(16-31)13-15-25/h4-15,21-22,29,34H,17-20H2,1-3H3/t21-,22-,29-/m0/s1. The van der Waals surface area contributed by atoms with Crippen LogP contribution in [0.25, 0.3) is 11.1 Å². The number of ether oxygens (including phenoxy) is 1. The van der Waals surface area contributed by atoms with E-state index in [0.717, 1.165) is 16.7 Å². The first kappa shape index (κ1) is 28.5. The minimum atomic E-state index is -3.86. The summed E-state index contributed by atoms with van der Waals surface area (Å²) in [5.41, 5.74) is 3.44. The molecule has 1 aliphatic rings. The molecule has 3 aromatic rings. The van der Waals surface area contributed by atoms with Crippen LogP contribution in [-0.4, -0.2) is 67.5 Å². The van der Waals surface area contributed by atoms with Gasteiger partial charge in [0, 0.05) is 31.6 Å². The fourth-order valence-corrected chi connectivity index (χ4v) is 5.97. The number of hydrogen-bond donors (Lipinski definition) is 1. The van der Waals surface area contributed by atoms with E-state index in [4.69, 9.17) is 10.00 Å². The molecule has 1 amide bonds. The Morgan fingerprint density at radius 1 is 1.05 bits per heavy atom. The Balaban J connectivity index is 1.72. The highest BCUT2D eigenvalue weighted by Gasteiger charge is 2.32. The van der Waals surface area contributed by atoms with E-state index in [1.807, 2.05) is 55.5 Å². The number of carbonyl (C=O) groups is 1. The van der Waals surface area contributed by atoms with Crippen molar-refractivity contribution in [3.63, 3.8) is 0 Å². The first-order valence-corrected chi connectivity index (χ1v) is 14.3. The molecule has 0 aromatic heterocycles. The number of fused-ring (bicyclic) bond motifs is 3. The molecule has 1 N–H and O–H groups in total. The molecule has 3 aromatic carbocycles. The average Bonchev–Trinajstić information content (AvgIpc) is 2.98. The monoisotopic (exact) mass is 547 g/mol. The van der Waals surface area contributed by atoms with Crippen LogP contribution in [0.1, 0.15) is 35.3 Å². The van der Waals surface area contributed by atoms with Crippen LogP contribution in [0, 0.1) is 17.2 Å². The Kier molecular flexibility index (Phi) is 8.83. The van der Waals surface area contributed by atoms with E-state index < -0.39 is 22.2 Å². The summed E-state index contributed by atoms with van der Waals surface area (Å²) >= 11 is 0. The van der Waals surface area contributed by atoms with E-state index in [-0.39, 0.29) is 43.0 Å². The maximum Gasteiger partial charge on any atom is 0.254 e. The van der Waals surface area contributed by atoms with Gasteiger partial charge in [-0.25, -0.2) is 8.42 Å². The summed E-state index contributed by atoms with van der Waals surface area (Å²) in [6, 6.07) is 22.5. The Labute approximate surface area is 230 Å². The van der Waals surface area contributed by atoms with Crippen LogP contribution in [0.4, 0.5) is 0 Å². The molecule has 0 radical (unpaired) electrons. The number of aliphatic hydroxyl groups is 1. The summed E-state index contributed by atoms with van der Waals surface area (Å²) in [7, 11) is -2.36. The largest absolute Gasteiger partial charge is 0.394 e. The second kappa shape index (κ2) is 12.1. The SMILES string of the molecule is C[C@H]1CN([C@@H](C)CO)C(=O)c2ccccc2-c2ccccc2CO[C@H]1CN(C)S(=O)(=O)c1ccc(C#N)cc1. The zero-order valence-electron chi connectivity index (χ0n) is 22.3. The van der Waals surface area contributed by atoms with Crippen LogP contribution in [0.3, 0.4) is 0 Å². The summed E-state index contributed by atoms with van der Waals surface area (Å²) < 4.78 is 34.4. The molecule has 0 bridgehead atoms. The fourth-order valence-electron chi connectivity index (χ4n) is 4.78. The lowest BCUT2D eigenvalue weighted by molar-refractivity contribution is -0.0146. The third-order valence-electron chi connectivity index (χ3n) is 7.22. The van der Waals surface area contributed by atoms with Crippen LogP contribution in [-0.2, 0) is 21.4 Å². The summed E-state index contributed by atoms with van der Waals surface area (Å²) in [6.07, 6.45) is -0.557.